The van der Waals surface area contributed by atoms with E-state index in [1.807, 2.05) is 13.8 Å². The monoisotopic (exact) mass is 321 g/mol. The molecule has 1 aromatic rings. The second kappa shape index (κ2) is 6.11. The lowest BCUT2D eigenvalue weighted by Crippen LogP contribution is -2.56. The van der Waals surface area contributed by atoms with Crippen LogP contribution in [-0.2, 0) is 24.8 Å². The Hall–Kier alpha value is -1.63. The number of likely N-dealkylation sites (tertiary alicyclic amines) is 1. The van der Waals surface area contributed by atoms with Gasteiger partial charge in [0.1, 0.15) is 5.82 Å². The van der Waals surface area contributed by atoms with Crippen LogP contribution in [0.2, 0.25) is 0 Å². The highest BCUT2D eigenvalue weighted by Crippen LogP contribution is 2.22. The number of amides is 1. The number of hydrogen-bond donors (Lipinski definition) is 1. The van der Waals surface area contributed by atoms with Gasteiger partial charge in [-0.3, -0.25) is 14.3 Å². The van der Waals surface area contributed by atoms with Crippen LogP contribution in [0.3, 0.4) is 0 Å². The molecule has 1 amide bonds. The Balaban J connectivity index is 1.63. The molecule has 1 fully saturated rings. The van der Waals surface area contributed by atoms with E-state index in [2.05, 4.69) is 15.3 Å². The predicted octanol–water partition coefficient (Wildman–Crippen LogP) is 0.277. The zero-order chi connectivity index (χ0) is 16.6. The number of aromatic nitrogens is 3. The molecule has 128 valence electrons. The van der Waals surface area contributed by atoms with Crippen molar-refractivity contribution in [1.82, 2.24) is 24.6 Å². The van der Waals surface area contributed by atoms with Crippen LogP contribution in [0.4, 0.5) is 0 Å². The first kappa shape index (κ1) is 16.2. The summed E-state index contributed by atoms with van der Waals surface area (Å²) in [5.41, 5.74) is -0.531. The van der Waals surface area contributed by atoms with Gasteiger partial charge >= 0.3 is 5.69 Å². The first-order valence-electron chi connectivity index (χ1n) is 8.58. The molecule has 3 rings (SSSR count). The second-order valence-electron chi connectivity index (χ2n) is 7.22. The van der Waals surface area contributed by atoms with Crippen LogP contribution < -0.4 is 11.0 Å². The minimum Gasteiger partial charge on any atom is -0.352 e. The van der Waals surface area contributed by atoms with Crippen molar-refractivity contribution >= 4 is 5.91 Å². The summed E-state index contributed by atoms with van der Waals surface area (Å²) in [5, 5.41) is 7.49. The van der Waals surface area contributed by atoms with Crippen molar-refractivity contribution in [3.63, 3.8) is 0 Å². The number of fused-ring (bicyclic) bond motifs is 1. The Bertz CT molecular complexity index is 639. The molecule has 1 unspecified atom stereocenters. The largest absolute Gasteiger partial charge is 0.352 e. The maximum absolute atomic E-state index is 12.7. The zero-order valence-electron chi connectivity index (χ0n) is 14.3. The highest BCUT2D eigenvalue weighted by molar-refractivity contribution is 5.85. The van der Waals surface area contributed by atoms with Crippen LogP contribution >= 0.6 is 0 Å². The minimum absolute atomic E-state index is 0.0654. The number of nitrogens with one attached hydrogen (secondary N) is 1. The van der Waals surface area contributed by atoms with E-state index >= 15 is 0 Å². The Morgan fingerprint density at radius 2 is 1.91 bits per heavy atom. The molecule has 1 aromatic heterocycles. The fourth-order valence-electron chi connectivity index (χ4n) is 3.62. The van der Waals surface area contributed by atoms with Crippen LogP contribution in [0.1, 0.15) is 45.4 Å². The van der Waals surface area contributed by atoms with Crippen molar-refractivity contribution < 1.29 is 4.79 Å². The number of carbonyl (C=O) groups excluding carboxylic acids is 1. The average Bonchev–Trinajstić information content (AvgIpc) is 3.08. The molecule has 7 nitrogen and oxygen atoms in total. The van der Waals surface area contributed by atoms with E-state index in [1.54, 1.807) is 11.6 Å². The van der Waals surface area contributed by atoms with Gasteiger partial charge in [0.25, 0.3) is 0 Å². The second-order valence-corrected chi connectivity index (χ2v) is 7.22. The van der Waals surface area contributed by atoms with Crippen LogP contribution in [-0.4, -0.2) is 49.8 Å². The Morgan fingerprint density at radius 1 is 1.22 bits per heavy atom. The third kappa shape index (κ3) is 3.06. The molecule has 1 atom stereocenters. The van der Waals surface area contributed by atoms with Crippen LogP contribution in [0.15, 0.2) is 4.79 Å². The van der Waals surface area contributed by atoms with Crippen LogP contribution in [0.25, 0.3) is 0 Å². The lowest BCUT2D eigenvalue weighted by Gasteiger charge is -2.35. The molecule has 3 heterocycles. The van der Waals surface area contributed by atoms with Gasteiger partial charge in [0.05, 0.1) is 5.54 Å². The molecule has 0 radical (unpaired) electrons. The molecule has 7 heteroatoms. The molecule has 2 aliphatic heterocycles. The van der Waals surface area contributed by atoms with E-state index in [9.17, 15) is 9.59 Å². The first-order chi connectivity index (χ1) is 10.9. The molecule has 0 bridgehead atoms. The molecule has 0 aliphatic carbocycles. The summed E-state index contributed by atoms with van der Waals surface area (Å²) in [6.07, 6.45) is 4.68. The normalized spacial score (nSPS) is 22.7. The average molecular weight is 321 g/mol. The van der Waals surface area contributed by atoms with E-state index in [0.29, 0.717) is 6.54 Å². The van der Waals surface area contributed by atoms with Gasteiger partial charge in [0, 0.05) is 26.1 Å². The smallest absolute Gasteiger partial charge is 0.345 e. The topological polar surface area (TPSA) is 72.2 Å². The maximum Gasteiger partial charge on any atom is 0.345 e. The first-order valence-corrected chi connectivity index (χ1v) is 8.58. The van der Waals surface area contributed by atoms with Crippen molar-refractivity contribution in [3.8, 4) is 0 Å². The summed E-state index contributed by atoms with van der Waals surface area (Å²) in [5.74, 6) is 0.921. The number of carbonyl (C=O) groups is 1. The van der Waals surface area contributed by atoms with Gasteiger partial charge in [-0.25, -0.2) is 9.48 Å². The number of hydrogen-bond acceptors (Lipinski definition) is 4. The predicted molar refractivity (Wildman–Crippen MR) is 87.2 cm³/mol. The quantitative estimate of drug-likeness (QED) is 0.868. The maximum atomic E-state index is 12.7. The third-order valence-electron chi connectivity index (χ3n) is 5.29. The summed E-state index contributed by atoms with van der Waals surface area (Å²) in [6.45, 7) is 6.63. The zero-order valence-corrected chi connectivity index (χ0v) is 14.3. The lowest BCUT2D eigenvalue weighted by molar-refractivity contribution is -0.132. The van der Waals surface area contributed by atoms with Crippen LogP contribution in [0.5, 0.6) is 0 Å². The Labute approximate surface area is 136 Å². The summed E-state index contributed by atoms with van der Waals surface area (Å²) >= 11 is 0. The van der Waals surface area contributed by atoms with Crippen molar-refractivity contribution in [2.24, 2.45) is 7.05 Å². The van der Waals surface area contributed by atoms with Crippen molar-refractivity contribution in [1.29, 1.82) is 0 Å². The molecule has 23 heavy (non-hydrogen) atoms. The Kier molecular flexibility index (Phi) is 4.31. The number of nitrogens with zero attached hydrogens (tertiary/aromatic N) is 4. The van der Waals surface area contributed by atoms with Gasteiger partial charge in [-0.1, -0.05) is 0 Å². The van der Waals surface area contributed by atoms with Gasteiger partial charge in [-0.05, 0) is 52.6 Å². The molecule has 1 saturated heterocycles. The van der Waals surface area contributed by atoms with Crippen molar-refractivity contribution in [3.05, 3.63) is 16.3 Å². The fourth-order valence-corrected chi connectivity index (χ4v) is 3.62. The number of aryl methyl sites for hydroxylation is 2. The fraction of sp³-hybridized carbons (Fsp3) is 0.812. The van der Waals surface area contributed by atoms with E-state index in [1.165, 1.54) is 17.5 Å². The molecular formula is C16H27N5O2. The van der Waals surface area contributed by atoms with Gasteiger partial charge < -0.3 is 5.32 Å². The van der Waals surface area contributed by atoms with Crippen molar-refractivity contribution in [2.75, 3.05) is 13.1 Å². The minimum atomic E-state index is -0.466. The van der Waals surface area contributed by atoms with Gasteiger partial charge in [-0.2, -0.15) is 5.10 Å². The third-order valence-corrected chi connectivity index (χ3v) is 5.29. The van der Waals surface area contributed by atoms with Crippen LogP contribution in [0, 0.1) is 0 Å². The highest BCUT2D eigenvalue weighted by Gasteiger charge is 2.37. The molecule has 2 aliphatic rings. The molecular weight excluding hydrogens is 294 g/mol. The SMILES string of the molecule is Cn1nc2n(c1=O)CCC(NC(=O)C(C)(C)N1CCCC1)CC2. The summed E-state index contributed by atoms with van der Waals surface area (Å²) in [7, 11) is 1.68. The van der Waals surface area contributed by atoms with Gasteiger partial charge in [0.2, 0.25) is 5.91 Å². The van der Waals surface area contributed by atoms with Gasteiger partial charge in [-0.15, -0.1) is 0 Å². The van der Waals surface area contributed by atoms with E-state index in [4.69, 9.17) is 0 Å². The van der Waals surface area contributed by atoms with E-state index in [-0.39, 0.29) is 17.6 Å². The number of rotatable bonds is 3. The molecule has 0 spiro atoms. The van der Waals surface area contributed by atoms with Gasteiger partial charge in [0.15, 0.2) is 0 Å². The Morgan fingerprint density at radius 3 is 2.61 bits per heavy atom. The van der Waals surface area contributed by atoms with E-state index in [0.717, 1.165) is 38.2 Å². The molecule has 0 aromatic carbocycles. The molecule has 1 N–H and O–H groups in total. The standard InChI is InChI=1S/C16H27N5O2/c1-16(2,20-9-4-5-10-20)14(22)17-12-6-7-13-18-19(3)15(23)21(13)11-8-12/h12H,4-11H2,1-3H3,(H,17,22). The van der Waals surface area contributed by atoms with Crippen molar-refractivity contribution in [2.45, 2.75) is 64.1 Å². The highest BCUT2D eigenvalue weighted by atomic mass is 16.2. The summed E-state index contributed by atoms with van der Waals surface area (Å²) in [4.78, 5) is 27.0. The molecule has 0 saturated carbocycles. The van der Waals surface area contributed by atoms with E-state index < -0.39 is 5.54 Å². The lowest BCUT2D eigenvalue weighted by atomic mass is 10.00. The summed E-state index contributed by atoms with van der Waals surface area (Å²) in [6, 6.07) is 0.107. The summed E-state index contributed by atoms with van der Waals surface area (Å²) < 4.78 is 3.13.